The van der Waals surface area contributed by atoms with Gasteiger partial charge in [-0.1, -0.05) is 30.0 Å². The van der Waals surface area contributed by atoms with Crippen LogP contribution in [-0.4, -0.2) is 69.2 Å². The summed E-state index contributed by atoms with van der Waals surface area (Å²) in [4.78, 5) is 37.3. The van der Waals surface area contributed by atoms with Crippen LogP contribution in [0.15, 0.2) is 28.0 Å². The predicted molar refractivity (Wildman–Crippen MR) is 121 cm³/mol. The van der Waals surface area contributed by atoms with E-state index in [-0.39, 0.29) is 11.5 Å². The summed E-state index contributed by atoms with van der Waals surface area (Å²) in [5.41, 5.74) is 1.84. The van der Waals surface area contributed by atoms with Crippen molar-refractivity contribution in [2.24, 2.45) is 0 Å². The molecule has 2 aliphatic rings. The smallest absolute Gasteiger partial charge is 0.267 e. The van der Waals surface area contributed by atoms with E-state index in [1.54, 1.807) is 21.6 Å². The average Bonchev–Trinajstić information content (AvgIpc) is 2.97. The maximum Gasteiger partial charge on any atom is 0.267 e. The van der Waals surface area contributed by atoms with Gasteiger partial charge in [-0.25, -0.2) is 4.98 Å². The molecule has 2 aromatic heterocycles. The van der Waals surface area contributed by atoms with Gasteiger partial charge in [0.05, 0.1) is 10.5 Å². The summed E-state index contributed by atoms with van der Waals surface area (Å²) in [5, 5.41) is 0. The highest BCUT2D eigenvalue weighted by Crippen LogP contribution is 2.33. The summed E-state index contributed by atoms with van der Waals surface area (Å²) >= 11 is 6.56. The number of carbonyl (C=O) groups is 1. The Labute approximate surface area is 179 Å². The Balaban J connectivity index is 1.89. The van der Waals surface area contributed by atoms with Crippen molar-refractivity contribution in [3.8, 4) is 0 Å². The summed E-state index contributed by atoms with van der Waals surface area (Å²) in [7, 11) is 2.08. The average molecular weight is 430 g/mol. The van der Waals surface area contributed by atoms with Crippen molar-refractivity contribution < 1.29 is 4.79 Å². The first-order valence-electron chi connectivity index (χ1n) is 9.61. The van der Waals surface area contributed by atoms with Crippen molar-refractivity contribution >= 4 is 51.7 Å². The van der Waals surface area contributed by atoms with E-state index in [9.17, 15) is 9.59 Å². The van der Waals surface area contributed by atoms with E-state index >= 15 is 0 Å². The zero-order chi connectivity index (χ0) is 20.7. The van der Waals surface area contributed by atoms with Crippen LogP contribution in [0.25, 0.3) is 11.7 Å². The third kappa shape index (κ3) is 3.70. The van der Waals surface area contributed by atoms with Gasteiger partial charge in [0.1, 0.15) is 15.8 Å². The Morgan fingerprint density at radius 1 is 1.21 bits per heavy atom. The second-order valence-corrected chi connectivity index (χ2v) is 8.98. The van der Waals surface area contributed by atoms with Crippen LogP contribution in [0.1, 0.15) is 18.1 Å². The van der Waals surface area contributed by atoms with E-state index in [2.05, 4.69) is 16.8 Å². The number of aromatic nitrogens is 2. The molecule has 4 heterocycles. The molecule has 9 heteroatoms. The Morgan fingerprint density at radius 3 is 2.59 bits per heavy atom. The fourth-order valence-electron chi connectivity index (χ4n) is 3.54. The van der Waals surface area contributed by atoms with Crippen molar-refractivity contribution in [3.63, 3.8) is 0 Å². The van der Waals surface area contributed by atoms with Crippen LogP contribution in [0.2, 0.25) is 0 Å². The standard InChI is InChI=1S/C20H23N5O2S2/c1-4-24-19(27)15(29-20(24)28)11-14-17(23-9-7-22(3)8-10-23)21-16-6-5-13(2)12-25(16)18(14)26/h5-6,11-12H,4,7-10H2,1-3H3. The lowest BCUT2D eigenvalue weighted by molar-refractivity contribution is -0.121. The molecule has 2 aliphatic heterocycles. The Bertz CT molecular complexity index is 1090. The summed E-state index contributed by atoms with van der Waals surface area (Å²) in [6.07, 6.45) is 3.46. The Hall–Kier alpha value is -2.23. The number of anilines is 1. The number of amides is 1. The van der Waals surface area contributed by atoms with Crippen LogP contribution in [0.5, 0.6) is 0 Å². The van der Waals surface area contributed by atoms with Gasteiger partial charge < -0.3 is 9.80 Å². The van der Waals surface area contributed by atoms with Crippen LogP contribution in [0, 0.1) is 6.92 Å². The monoisotopic (exact) mass is 429 g/mol. The highest BCUT2D eigenvalue weighted by Gasteiger charge is 2.32. The van der Waals surface area contributed by atoms with Gasteiger partial charge in [0, 0.05) is 38.9 Å². The molecule has 0 aromatic carbocycles. The molecule has 0 radical (unpaired) electrons. The lowest BCUT2D eigenvalue weighted by Crippen LogP contribution is -2.45. The first-order valence-corrected chi connectivity index (χ1v) is 10.8. The number of piperazine rings is 1. The molecule has 4 rings (SSSR count). The topological polar surface area (TPSA) is 61.2 Å². The molecule has 0 spiro atoms. The first kappa shape index (κ1) is 20.1. The highest BCUT2D eigenvalue weighted by atomic mass is 32.2. The van der Waals surface area contributed by atoms with Gasteiger partial charge in [0.25, 0.3) is 11.5 Å². The minimum absolute atomic E-state index is 0.152. The van der Waals surface area contributed by atoms with Gasteiger partial charge in [0.15, 0.2) is 0 Å². The number of likely N-dealkylation sites (N-methyl/N-ethyl adjacent to an activating group) is 2. The number of carbonyl (C=O) groups excluding carboxylic acids is 1. The van der Waals surface area contributed by atoms with E-state index in [1.807, 2.05) is 26.0 Å². The van der Waals surface area contributed by atoms with Crippen molar-refractivity contribution in [3.05, 3.63) is 44.7 Å². The number of hydrogen-bond donors (Lipinski definition) is 0. The predicted octanol–water partition coefficient (Wildman–Crippen LogP) is 1.98. The third-order valence-corrected chi connectivity index (χ3v) is 6.63. The van der Waals surface area contributed by atoms with Crippen LogP contribution in [-0.2, 0) is 4.79 Å². The lowest BCUT2D eigenvalue weighted by Gasteiger charge is -2.34. The number of fused-ring (bicyclic) bond motifs is 1. The Morgan fingerprint density at radius 2 is 1.93 bits per heavy atom. The molecule has 0 atom stereocenters. The summed E-state index contributed by atoms with van der Waals surface area (Å²) in [6.45, 7) is 7.69. The quantitative estimate of drug-likeness (QED) is 0.546. The highest BCUT2D eigenvalue weighted by molar-refractivity contribution is 8.26. The molecule has 7 nitrogen and oxygen atoms in total. The maximum absolute atomic E-state index is 13.4. The molecular formula is C20H23N5O2S2. The molecule has 0 unspecified atom stereocenters. The van der Waals surface area contributed by atoms with Crippen LogP contribution < -0.4 is 10.5 Å². The molecule has 152 valence electrons. The van der Waals surface area contributed by atoms with Crippen LogP contribution in [0.4, 0.5) is 5.82 Å². The van der Waals surface area contributed by atoms with E-state index in [0.717, 1.165) is 31.7 Å². The van der Waals surface area contributed by atoms with Crippen molar-refractivity contribution in [2.75, 3.05) is 44.7 Å². The van der Waals surface area contributed by atoms with Gasteiger partial charge >= 0.3 is 0 Å². The number of nitrogens with zero attached hydrogens (tertiary/aromatic N) is 5. The van der Waals surface area contributed by atoms with E-state index in [1.165, 1.54) is 11.8 Å². The van der Waals surface area contributed by atoms with Crippen LogP contribution in [0.3, 0.4) is 0 Å². The molecule has 1 amide bonds. The fourth-order valence-corrected chi connectivity index (χ4v) is 4.90. The van der Waals surface area contributed by atoms with E-state index in [4.69, 9.17) is 17.2 Å². The number of thiocarbonyl (C=S) groups is 1. The molecule has 2 aromatic rings. The number of pyridine rings is 1. The van der Waals surface area contributed by atoms with Crippen molar-refractivity contribution in [2.45, 2.75) is 13.8 Å². The van der Waals surface area contributed by atoms with Gasteiger partial charge in [-0.2, -0.15) is 0 Å². The number of hydrogen-bond acceptors (Lipinski definition) is 7. The summed E-state index contributed by atoms with van der Waals surface area (Å²) in [5.74, 6) is 0.481. The summed E-state index contributed by atoms with van der Waals surface area (Å²) < 4.78 is 2.08. The number of rotatable bonds is 3. The number of aryl methyl sites for hydroxylation is 1. The SMILES string of the molecule is CCN1C(=O)C(=Cc2c(N3CCN(C)CC3)nc3ccc(C)cn3c2=O)SC1=S. The zero-order valence-corrected chi connectivity index (χ0v) is 18.3. The first-order chi connectivity index (χ1) is 13.9. The zero-order valence-electron chi connectivity index (χ0n) is 16.7. The number of thioether (sulfide) groups is 1. The molecular weight excluding hydrogens is 406 g/mol. The minimum Gasteiger partial charge on any atom is -0.353 e. The largest absolute Gasteiger partial charge is 0.353 e. The second-order valence-electron chi connectivity index (χ2n) is 7.31. The maximum atomic E-state index is 13.4. The van der Waals surface area contributed by atoms with Crippen molar-refractivity contribution in [1.82, 2.24) is 19.2 Å². The summed E-state index contributed by atoms with van der Waals surface area (Å²) in [6, 6.07) is 3.80. The molecule has 0 bridgehead atoms. The molecule has 0 aliphatic carbocycles. The van der Waals surface area contributed by atoms with Gasteiger partial charge in [0.2, 0.25) is 0 Å². The second kappa shape index (κ2) is 7.89. The molecule has 2 fully saturated rings. The van der Waals surface area contributed by atoms with E-state index < -0.39 is 0 Å². The Kier molecular flexibility index (Phi) is 5.46. The minimum atomic E-state index is -0.172. The van der Waals surface area contributed by atoms with E-state index in [0.29, 0.717) is 32.8 Å². The molecule has 0 saturated carbocycles. The molecule has 2 saturated heterocycles. The van der Waals surface area contributed by atoms with Crippen molar-refractivity contribution in [1.29, 1.82) is 0 Å². The van der Waals surface area contributed by atoms with Gasteiger partial charge in [-0.05, 0) is 38.6 Å². The van der Waals surface area contributed by atoms with Gasteiger partial charge in [-0.3, -0.25) is 18.9 Å². The normalized spacial score (nSPS) is 19.8. The molecule has 0 N–H and O–H groups in total. The van der Waals surface area contributed by atoms with Crippen LogP contribution >= 0.6 is 24.0 Å². The lowest BCUT2D eigenvalue weighted by atomic mass is 10.2. The molecule has 29 heavy (non-hydrogen) atoms. The fraction of sp³-hybridized carbons (Fsp3) is 0.400. The van der Waals surface area contributed by atoms with Gasteiger partial charge in [-0.15, -0.1) is 0 Å². The third-order valence-electron chi connectivity index (χ3n) is 5.25.